The third-order valence-electron chi connectivity index (χ3n) is 6.15. The van der Waals surface area contributed by atoms with Gasteiger partial charge in [0.25, 0.3) is 0 Å². The second-order valence-corrected chi connectivity index (χ2v) is 9.39. The normalized spacial score (nSPS) is 12.1. The Hall–Kier alpha value is -3.92. The molecule has 0 saturated carbocycles. The zero-order chi connectivity index (χ0) is 28.3. The molecular formula is C29H41N5O5. The summed E-state index contributed by atoms with van der Waals surface area (Å²) in [6, 6.07) is 17.1. The predicted molar refractivity (Wildman–Crippen MR) is 150 cm³/mol. The lowest BCUT2D eigenvalue weighted by Crippen LogP contribution is -2.55. The molecule has 2 aromatic carbocycles. The van der Waals surface area contributed by atoms with Crippen LogP contribution in [0.2, 0.25) is 0 Å². The van der Waals surface area contributed by atoms with Crippen molar-refractivity contribution in [3.05, 3.63) is 71.8 Å². The maximum absolute atomic E-state index is 13.4. The van der Waals surface area contributed by atoms with E-state index in [4.69, 9.17) is 10.8 Å². The van der Waals surface area contributed by atoms with Crippen molar-refractivity contribution >= 4 is 23.8 Å². The molecule has 0 aromatic heterocycles. The quantitative estimate of drug-likeness (QED) is 0.159. The Bertz CT molecular complexity index is 1020. The van der Waals surface area contributed by atoms with Crippen molar-refractivity contribution in [3.8, 4) is 0 Å². The molecule has 10 nitrogen and oxygen atoms in total. The minimum absolute atomic E-state index is 0.231. The van der Waals surface area contributed by atoms with Gasteiger partial charge in [0.15, 0.2) is 0 Å². The van der Waals surface area contributed by atoms with E-state index in [0.717, 1.165) is 36.8 Å². The van der Waals surface area contributed by atoms with Gasteiger partial charge in [0.05, 0.1) is 0 Å². The number of carboxylic acid groups (broad SMARTS) is 1. The molecule has 0 unspecified atom stereocenters. The number of amides is 4. The molecule has 212 valence electrons. The fraction of sp³-hybridized carbons (Fsp3) is 0.448. The van der Waals surface area contributed by atoms with Crippen molar-refractivity contribution in [1.29, 1.82) is 0 Å². The molecule has 0 fully saturated rings. The molecule has 0 aliphatic rings. The summed E-state index contributed by atoms with van der Waals surface area (Å²) in [4.78, 5) is 49.5. The topological polar surface area (TPSA) is 163 Å². The number of rotatable bonds is 18. The highest BCUT2D eigenvalue weighted by atomic mass is 16.4. The van der Waals surface area contributed by atoms with E-state index in [0.29, 0.717) is 25.9 Å². The van der Waals surface area contributed by atoms with Crippen molar-refractivity contribution in [2.24, 2.45) is 5.73 Å². The predicted octanol–water partition coefficient (Wildman–Crippen LogP) is 2.12. The van der Waals surface area contributed by atoms with Crippen molar-refractivity contribution in [2.45, 2.75) is 63.5 Å². The summed E-state index contributed by atoms with van der Waals surface area (Å²) in [5.41, 5.74) is 7.32. The summed E-state index contributed by atoms with van der Waals surface area (Å²) in [5.74, 6) is -0.992. The summed E-state index contributed by atoms with van der Waals surface area (Å²) in [5, 5.41) is 19.4. The van der Waals surface area contributed by atoms with E-state index >= 15 is 0 Å². The van der Waals surface area contributed by atoms with Crippen molar-refractivity contribution in [2.75, 3.05) is 19.6 Å². The third kappa shape index (κ3) is 13.4. The zero-order valence-corrected chi connectivity index (χ0v) is 22.4. The molecule has 0 bridgehead atoms. The highest BCUT2D eigenvalue weighted by molar-refractivity contribution is 5.92. The summed E-state index contributed by atoms with van der Waals surface area (Å²) < 4.78 is 0. The van der Waals surface area contributed by atoms with E-state index in [-0.39, 0.29) is 31.2 Å². The zero-order valence-electron chi connectivity index (χ0n) is 22.4. The Labute approximate surface area is 230 Å². The molecule has 0 heterocycles. The number of carbonyl (C=O) groups excluding carboxylic acids is 3. The molecule has 0 saturated heterocycles. The molecule has 4 amide bonds. The number of carbonyl (C=O) groups is 4. The second kappa shape index (κ2) is 18.4. The first-order valence-corrected chi connectivity index (χ1v) is 13.5. The van der Waals surface area contributed by atoms with E-state index in [2.05, 4.69) is 21.3 Å². The fourth-order valence-corrected chi connectivity index (χ4v) is 4.11. The van der Waals surface area contributed by atoms with Crippen LogP contribution in [0.3, 0.4) is 0 Å². The smallest absolute Gasteiger partial charge is 0.404 e. The van der Waals surface area contributed by atoms with Crippen LogP contribution in [0.1, 0.15) is 49.7 Å². The van der Waals surface area contributed by atoms with Gasteiger partial charge in [0.2, 0.25) is 17.7 Å². The van der Waals surface area contributed by atoms with E-state index in [9.17, 15) is 19.2 Å². The number of benzene rings is 2. The maximum atomic E-state index is 13.4. The standard InChI is InChI=1S/C29H41N5O5/c30-17-19-31-27(36)24(20-22-12-6-4-7-13-22)34-28(37)25(21-23-14-8-5-9-15-23)33-26(35)16-10-2-1-3-11-18-32-29(38)39/h4-9,12-15,24-25,32H,1-3,10-11,16-21,30H2,(H,31,36)(H,33,35)(H,34,37)(H,38,39)/t24-,25-/m0/s1. The van der Waals surface area contributed by atoms with Gasteiger partial charge in [0, 0.05) is 38.9 Å². The van der Waals surface area contributed by atoms with Gasteiger partial charge in [-0.25, -0.2) is 4.79 Å². The van der Waals surface area contributed by atoms with Crippen LogP contribution >= 0.6 is 0 Å². The van der Waals surface area contributed by atoms with E-state index in [1.165, 1.54) is 0 Å². The monoisotopic (exact) mass is 539 g/mol. The number of nitrogens with two attached hydrogens (primary N) is 1. The summed E-state index contributed by atoms with van der Waals surface area (Å²) in [6.45, 7) is 0.992. The Morgan fingerprint density at radius 2 is 1.21 bits per heavy atom. The van der Waals surface area contributed by atoms with Gasteiger partial charge in [-0.05, 0) is 24.0 Å². The van der Waals surface area contributed by atoms with Gasteiger partial charge >= 0.3 is 6.09 Å². The van der Waals surface area contributed by atoms with Crippen LogP contribution in [0.15, 0.2) is 60.7 Å². The van der Waals surface area contributed by atoms with Crippen molar-refractivity contribution in [3.63, 3.8) is 0 Å². The molecule has 10 heteroatoms. The van der Waals surface area contributed by atoms with Gasteiger partial charge in [-0.2, -0.15) is 0 Å². The van der Waals surface area contributed by atoms with Crippen LogP contribution in [-0.2, 0) is 27.2 Å². The lowest BCUT2D eigenvalue weighted by atomic mass is 10.0. The minimum Gasteiger partial charge on any atom is -0.465 e. The largest absolute Gasteiger partial charge is 0.465 e. The Kier molecular flexibility index (Phi) is 14.7. The number of hydrogen-bond acceptors (Lipinski definition) is 5. The molecule has 2 aromatic rings. The average molecular weight is 540 g/mol. The van der Waals surface area contributed by atoms with E-state index in [1.54, 1.807) is 0 Å². The first-order chi connectivity index (χ1) is 18.9. The number of unbranched alkanes of at least 4 members (excludes halogenated alkanes) is 4. The van der Waals surface area contributed by atoms with Crippen LogP contribution < -0.4 is 27.0 Å². The lowest BCUT2D eigenvalue weighted by Gasteiger charge is -2.23. The summed E-state index contributed by atoms with van der Waals surface area (Å²) in [6.07, 6.45) is 3.85. The van der Waals surface area contributed by atoms with Gasteiger partial charge in [-0.1, -0.05) is 79.9 Å². The molecule has 0 spiro atoms. The second-order valence-electron chi connectivity index (χ2n) is 9.39. The highest BCUT2D eigenvalue weighted by Crippen LogP contribution is 2.09. The Morgan fingerprint density at radius 3 is 1.77 bits per heavy atom. The van der Waals surface area contributed by atoms with Crippen molar-refractivity contribution < 1.29 is 24.3 Å². The molecule has 39 heavy (non-hydrogen) atoms. The van der Waals surface area contributed by atoms with Crippen LogP contribution in [0.5, 0.6) is 0 Å². The molecule has 0 aliphatic heterocycles. The molecule has 2 rings (SSSR count). The number of hydrogen-bond donors (Lipinski definition) is 6. The van der Waals surface area contributed by atoms with Crippen LogP contribution in [0, 0.1) is 0 Å². The molecule has 0 aliphatic carbocycles. The van der Waals surface area contributed by atoms with Gasteiger partial charge in [-0.3, -0.25) is 14.4 Å². The number of nitrogens with one attached hydrogen (secondary N) is 4. The minimum atomic E-state index is -1.02. The third-order valence-corrected chi connectivity index (χ3v) is 6.15. The van der Waals surface area contributed by atoms with Crippen molar-refractivity contribution in [1.82, 2.24) is 21.3 Å². The van der Waals surface area contributed by atoms with Crippen LogP contribution in [0.4, 0.5) is 4.79 Å². The molecular weight excluding hydrogens is 498 g/mol. The fourth-order valence-electron chi connectivity index (χ4n) is 4.11. The first-order valence-electron chi connectivity index (χ1n) is 13.5. The summed E-state index contributed by atoms with van der Waals surface area (Å²) in [7, 11) is 0. The van der Waals surface area contributed by atoms with E-state index < -0.39 is 24.1 Å². The van der Waals surface area contributed by atoms with Gasteiger partial charge < -0.3 is 32.1 Å². The van der Waals surface area contributed by atoms with Gasteiger partial charge in [0.1, 0.15) is 12.1 Å². The highest BCUT2D eigenvalue weighted by Gasteiger charge is 2.27. The first kappa shape index (κ1) is 31.3. The Morgan fingerprint density at radius 1 is 0.667 bits per heavy atom. The SMILES string of the molecule is NCCNC(=O)[C@H](Cc1ccccc1)NC(=O)[C@H](Cc1ccccc1)NC(=O)CCCCCCCNC(=O)O. The Balaban J connectivity index is 1.98. The molecule has 0 radical (unpaired) electrons. The lowest BCUT2D eigenvalue weighted by molar-refractivity contribution is -0.132. The maximum Gasteiger partial charge on any atom is 0.404 e. The van der Waals surface area contributed by atoms with Crippen LogP contribution in [0.25, 0.3) is 0 Å². The average Bonchev–Trinajstić information content (AvgIpc) is 2.93. The van der Waals surface area contributed by atoms with E-state index in [1.807, 2.05) is 60.7 Å². The van der Waals surface area contributed by atoms with Gasteiger partial charge in [-0.15, -0.1) is 0 Å². The molecule has 2 atom stereocenters. The summed E-state index contributed by atoms with van der Waals surface area (Å²) >= 11 is 0. The van der Waals surface area contributed by atoms with Crippen LogP contribution in [-0.4, -0.2) is 60.6 Å². The molecule has 7 N–H and O–H groups in total.